The molecule has 0 radical (unpaired) electrons. The first kappa shape index (κ1) is 21.0. The summed E-state index contributed by atoms with van der Waals surface area (Å²) in [5, 5.41) is 10.4. The summed E-state index contributed by atoms with van der Waals surface area (Å²) in [6.45, 7) is 2.17. The molecule has 26 heavy (non-hydrogen) atoms. The van der Waals surface area contributed by atoms with E-state index in [1.54, 1.807) is 11.8 Å². The van der Waals surface area contributed by atoms with E-state index >= 15 is 0 Å². The number of aryl methyl sites for hydroxylation is 1. The minimum absolute atomic E-state index is 0.598. The van der Waals surface area contributed by atoms with Gasteiger partial charge in [0.25, 0.3) is 0 Å². The van der Waals surface area contributed by atoms with E-state index in [1.807, 2.05) is 14.1 Å². The average molecular weight is 404 g/mol. The van der Waals surface area contributed by atoms with Crippen molar-refractivity contribution in [2.75, 3.05) is 24.9 Å². The highest BCUT2D eigenvalue weighted by atomic mass is 32.2. The zero-order chi connectivity index (χ0) is 18.8. The molecule has 0 amide bonds. The first-order valence-corrected chi connectivity index (χ1v) is 11.6. The van der Waals surface area contributed by atoms with Crippen molar-refractivity contribution in [3.8, 4) is 0 Å². The van der Waals surface area contributed by atoms with Crippen LogP contribution in [0.4, 0.5) is 5.69 Å². The molecule has 0 aliphatic carbocycles. The van der Waals surface area contributed by atoms with E-state index in [0.29, 0.717) is 15.2 Å². The van der Waals surface area contributed by atoms with Crippen molar-refractivity contribution in [3.05, 3.63) is 53.8 Å². The Morgan fingerprint density at radius 3 is 2.54 bits per heavy atom. The van der Waals surface area contributed by atoms with Crippen molar-refractivity contribution >= 4 is 56.5 Å². The van der Waals surface area contributed by atoms with Gasteiger partial charge in [0.15, 0.2) is 0 Å². The van der Waals surface area contributed by atoms with Crippen LogP contribution in [0.3, 0.4) is 0 Å². The molecule has 3 aromatic rings. The van der Waals surface area contributed by atoms with Crippen molar-refractivity contribution in [1.82, 2.24) is 5.32 Å². The molecule has 2 N–H and O–H groups in total. The SMILES string of the molecule is CNC.Cc1c(SCCC=O)cc(NPc2ccc[pH]2)c2ccccc12. The van der Waals surface area contributed by atoms with Gasteiger partial charge in [0.1, 0.15) is 6.29 Å². The van der Waals surface area contributed by atoms with Gasteiger partial charge in [-0.05, 0) is 49.9 Å². The van der Waals surface area contributed by atoms with Crippen molar-refractivity contribution in [2.24, 2.45) is 0 Å². The highest BCUT2D eigenvalue weighted by molar-refractivity contribution is 7.99. The van der Waals surface area contributed by atoms with Crippen LogP contribution >= 0.6 is 28.7 Å². The van der Waals surface area contributed by atoms with Crippen molar-refractivity contribution in [1.29, 1.82) is 0 Å². The summed E-state index contributed by atoms with van der Waals surface area (Å²) in [5.74, 6) is 3.05. The first-order valence-electron chi connectivity index (χ1n) is 8.54. The molecule has 0 spiro atoms. The number of thioether (sulfide) groups is 1. The predicted octanol–water partition coefficient (Wildman–Crippen LogP) is 5.03. The van der Waals surface area contributed by atoms with Crippen LogP contribution in [0.1, 0.15) is 12.0 Å². The number of hydrogen-bond acceptors (Lipinski definition) is 4. The summed E-state index contributed by atoms with van der Waals surface area (Å²) in [5.41, 5.74) is 2.49. The molecule has 138 valence electrons. The fourth-order valence-corrected chi connectivity index (χ4v) is 5.42. The standard InChI is InChI=1S/C18H19NOP2S.C2H7N/c1-13-14-6-2-3-7-15(14)16(12-17(13)23-11-5-9-20)19-22-18-8-4-10-21-18;1-3-2/h2-4,6-10,12,19,21-22H,5,11H2,1H3;3H,1-2H3. The zero-order valence-corrected chi connectivity index (χ0v) is 18.2. The quantitative estimate of drug-likeness (QED) is 0.251. The average Bonchev–Trinajstić information content (AvgIpc) is 3.17. The third kappa shape index (κ3) is 5.86. The largest absolute Gasteiger partial charge is 0.362 e. The molecule has 0 fully saturated rings. The molecule has 2 aromatic carbocycles. The fourth-order valence-electron chi connectivity index (χ4n) is 2.51. The second-order valence-electron chi connectivity index (χ2n) is 5.73. The molecule has 1 heterocycles. The third-order valence-corrected chi connectivity index (χ3v) is 7.34. The van der Waals surface area contributed by atoms with Gasteiger partial charge in [-0.1, -0.05) is 30.3 Å². The lowest BCUT2D eigenvalue weighted by Gasteiger charge is -2.15. The van der Waals surface area contributed by atoms with Gasteiger partial charge in [0.2, 0.25) is 0 Å². The van der Waals surface area contributed by atoms with Crippen LogP contribution in [0.5, 0.6) is 0 Å². The van der Waals surface area contributed by atoms with Crippen LogP contribution in [0.15, 0.2) is 53.2 Å². The van der Waals surface area contributed by atoms with Crippen LogP contribution < -0.4 is 15.4 Å². The maximum Gasteiger partial charge on any atom is 0.120 e. The second-order valence-corrected chi connectivity index (χ2v) is 9.57. The van der Waals surface area contributed by atoms with Gasteiger partial charge in [-0.3, -0.25) is 0 Å². The molecule has 2 unspecified atom stereocenters. The first-order chi connectivity index (χ1) is 12.7. The Balaban J connectivity index is 0.000000758. The number of nitrogens with one attached hydrogen (secondary N) is 2. The zero-order valence-electron chi connectivity index (χ0n) is 15.4. The Hall–Kier alpha value is -1.31. The van der Waals surface area contributed by atoms with E-state index < -0.39 is 0 Å². The van der Waals surface area contributed by atoms with Gasteiger partial charge >= 0.3 is 0 Å². The number of carbonyl (C=O) groups is 1. The highest BCUT2D eigenvalue weighted by Crippen LogP contribution is 2.36. The van der Waals surface area contributed by atoms with Gasteiger partial charge in [-0.25, -0.2) is 0 Å². The van der Waals surface area contributed by atoms with Crippen LogP contribution in [0.2, 0.25) is 0 Å². The summed E-state index contributed by atoms with van der Waals surface area (Å²) >= 11 is 1.77. The lowest BCUT2D eigenvalue weighted by molar-refractivity contribution is -0.107. The lowest BCUT2D eigenvalue weighted by Crippen LogP contribution is -1.95. The molecule has 0 saturated heterocycles. The van der Waals surface area contributed by atoms with E-state index in [4.69, 9.17) is 0 Å². The number of hydrogen-bond donors (Lipinski definition) is 2. The normalized spacial score (nSPS) is 11.0. The minimum atomic E-state index is 0.598. The predicted molar refractivity (Wildman–Crippen MR) is 123 cm³/mol. The second kappa shape index (κ2) is 11.4. The summed E-state index contributed by atoms with van der Waals surface area (Å²) < 4.78 is 0. The maximum absolute atomic E-state index is 10.6. The van der Waals surface area contributed by atoms with Crippen LogP contribution in [-0.2, 0) is 4.79 Å². The third-order valence-electron chi connectivity index (χ3n) is 3.69. The van der Waals surface area contributed by atoms with E-state index in [1.165, 1.54) is 32.0 Å². The Morgan fingerprint density at radius 1 is 1.15 bits per heavy atom. The van der Waals surface area contributed by atoms with Gasteiger partial charge in [0, 0.05) is 41.9 Å². The molecule has 0 aliphatic heterocycles. The minimum Gasteiger partial charge on any atom is -0.362 e. The summed E-state index contributed by atoms with van der Waals surface area (Å²) in [7, 11) is 5.18. The topological polar surface area (TPSA) is 41.1 Å². The number of fused-ring (bicyclic) bond motifs is 1. The fraction of sp³-hybridized carbons (Fsp3) is 0.250. The molecule has 3 nitrogen and oxygen atoms in total. The lowest BCUT2D eigenvalue weighted by atomic mass is 10.0. The summed E-state index contributed by atoms with van der Waals surface area (Å²) in [6.07, 6.45) is 1.59. The number of benzene rings is 2. The van der Waals surface area contributed by atoms with Crippen LogP contribution in [0, 0.1) is 6.92 Å². The monoisotopic (exact) mass is 404 g/mol. The molecule has 0 saturated carbocycles. The van der Waals surface area contributed by atoms with E-state index in [9.17, 15) is 4.79 Å². The number of carbonyl (C=O) groups excluding carboxylic acids is 1. The van der Waals surface area contributed by atoms with E-state index in [0.717, 1.165) is 20.2 Å². The molecule has 0 bridgehead atoms. The molecule has 1 aromatic heterocycles. The highest BCUT2D eigenvalue weighted by Gasteiger charge is 2.09. The Kier molecular flexibility index (Phi) is 9.22. The maximum atomic E-state index is 10.6. The molecule has 0 aliphatic rings. The van der Waals surface area contributed by atoms with Gasteiger partial charge < -0.3 is 15.2 Å². The van der Waals surface area contributed by atoms with Gasteiger partial charge in [-0.2, -0.15) is 0 Å². The summed E-state index contributed by atoms with van der Waals surface area (Å²) in [6, 6.07) is 15.1. The molecular formula is C20H26N2OP2S. The van der Waals surface area contributed by atoms with Crippen LogP contribution in [-0.4, -0.2) is 26.1 Å². The Labute approximate surface area is 163 Å². The summed E-state index contributed by atoms with van der Waals surface area (Å²) in [4.78, 5) is 11.8. The van der Waals surface area contributed by atoms with Crippen molar-refractivity contribution in [2.45, 2.75) is 18.2 Å². The molecular weight excluding hydrogens is 378 g/mol. The van der Waals surface area contributed by atoms with Crippen LogP contribution in [0.25, 0.3) is 10.8 Å². The van der Waals surface area contributed by atoms with Gasteiger partial charge in [0.05, 0.1) is 0 Å². The van der Waals surface area contributed by atoms with E-state index in [2.05, 4.69) is 65.6 Å². The van der Waals surface area contributed by atoms with Crippen molar-refractivity contribution in [3.63, 3.8) is 0 Å². The number of aldehydes is 1. The van der Waals surface area contributed by atoms with Gasteiger partial charge in [-0.15, -0.1) is 20.0 Å². The molecule has 6 heteroatoms. The number of anilines is 1. The number of rotatable bonds is 7. The Bertz CT molecular complexity index is 822. The van der Waals surface area contributed by atoms with Crippen molar-refractivity contribution < 1.29 is 4.79 Å². The smallest absolute Gasteiger partial charge is 0.120 e. The Morgan fingerprint density at radius 2 is 1.88 bits per heavy atom. The van der Waals surface area contributed by atoms with E-state index in [-0.39, 0.29) is 0 Å². The molecule has 2 atom stereocenters. The molecule has 3 rings (SSSR count).